The smallest absolute Gasteiger partial charge is 0.221 e. The Hall–Kier alpha value is -0.610. The molecule has 1 heterocycles. The maximum atomic E-state index is 11.1. The van der Waals surface area contributed by atoms with Crippen molar-refractivity contribution < 1.29 is 4.79 Å². The van der Waals surface area contributed by atoms with Gasteiger partial charge in [0.15, 0.2) is 0 Å². The zero-order chi connectivity index (χ0) is 9.68. The second-order valence-corrected chi connectivity index (χ2v) is 3.51. The van der Waals surface area contributed by atoms with Crippen molar-refractivity contribution in [3.63, 3.8) is 0 Å². The van der Waals surface area contributed by atoms with Crippen LogP contribution < -0.4 is 11.1 Å². The van der Waals surface area contributed by atoms with Gasteiger partial charge in [0, 0.05) is 26.1 Å². The standard InChI is InChI=1S/C9H19N3O/c1-11-9(13)6-8(7-10)12-4-2-3-5-12/h8H,2-7,10H2,1H3,(H,11,13). The van der Waals surface area contributed by atoms with Crippen LogP contribution in [0.5, 0.6) is 0 Å². The molecule has 1 saturated heterocycles. The quantitative estimate of drug-likeness (QED) is 0.623. The van der Waals surface area contributed by atoms with E-state index in [-0.39, 0.29) is 11.9 Å². The van der Waals surface area contributed by atoms with Crippen molar-refractivity contribution in [3.8, 4) is 0 Å². The number of carbonyl (C=O) groups is 1. The molecule has 0 aromatic carbocycles. The molecule has 1 amide bonds. The third-order valence-electron chi connectivity index (χ3n) is 2.63. The number of rotatable bonds is 4. The average Bonchev–Trinajstić information content (AvgIpc) is 2.66. The van der Waals surface area contributed by atoms with E-state index >= 15 is 0 Å². The summed E-state index contributed by atoms with van der Waals surface area (Å²) in [6, 6.07) is 0.238. The molecule has 1 atom stereocenters. The number of hydrogen-bond donors (Lipinski definition) is 2. The number of hydrogen-bond acceptors (Lipinski definition) is 3. The molecule has 1 unspecified atom stereocenters. The van der Waals surface area contributed by atoms with E-state index in [0.29, 0.717) is 13.0 Å². The second kappa shape index (κ2) is 5.19. The van der Waals surface area contributed by atoms with Crippen LogP contribution in [0, 0.1) is 0 Å². The molecule has 0 aromatic rings. The Morgan fingerprint density at radius 1 is 1.54 bits per heavy atom. The number of nitrogens with two attached hydrogens (primary N) is 1. The summed E-state index contributed by atoms with van der Waals surface area (Å²) in [6.07, 6.45) is 3.02. The minimum atomic E-state index is 0.0855. The van der Waals surface area contributed by atoms with Crippen molar-refractivity contribution in [2.75, 3.05) is 26.7 Å². The van der Waals surface area contributed by atoms with E-state index in [4.69, 9.17) is 5.73 Å². The van der Waals surface area contributed by atoms with Gasteiger partial charge in [0.05, 0.1) is 0 Å². The van der Waals surface area contributed by atoms with Crippen LogP contribution in [0.2, 0.25) is 0 Å². The molecule has 13 heavy (non-hydrogen) atoms. The lowest BCUT2D eigenvalue weighted by atomic mass is 10.1. The Labute approximate surface area is 79.5 Å². The summed E-state index contributed by atoms with van der Waals surface area (Å²) in [4.78, 5) is 13.5. The molecular formula is C9H19N3O. The molecule has 0 spiro atoms. The minimum absolute atomic E-state index is 0.0855. The van der Waals surface area contributed by atoms with E-state index in [0.717, 1.165) is 13.1 Å². The fourth-order valence-corrected chi connectivity index (χ4v) is 1.78. The average molecular weight is 185 g/mol. The van der Waals surface area contributed by atoms with Crippen molar-refractivity contribution in [2.24, 2.45) is 5.73 Å². The summed E-state index contributed by atoms with van der Waals surface area (Å²) in [5.74, 6) is 0.0855. The van der Waals surface area contributed by atoms with Gasteiger partial charge in [-0.1, -0.05) is 0 Å². The van der Waals surface area contributed by atoms with Gasteiger partial charge >= 0.3 is 0 Å². The Morgan fingerprint density at radius 2 is 2.15 bits per heavy atom. The Balaban J connectivity index is 2.37. The third-order valence-corrected chi connectivity index (χ3v) is 2.63. The van der Waals surface area contributed by atoms with Crippen LogP contribution in [0.3, 0.4) is 0 Å². The fourth-order valence-electron chi connectivity index (χ4n) is 1.78. The summed E-state index contributed by atoms with van der Waals surface area (Å²) in [7, 11) is 1.67. The molecule has 3 N–H and O–H groups in total. The predicted octanol–water partition coefficient (Wildman–Crippen LogP) is -0.454. The molecule has 4 heteroatoms. The summed E-state index contributed by atoms with van der Waals surface area (Å²) in [5.41, 5.74) is 5.63. The predicted molar refractivity (Wildman–Crippen MR) is 52.3 cm³/mol. The first kappa shape index (κ1) is 10.5. The normalized spacial score (nSPS) is 20.2. The Kier molecular flexibility index (Phi) is 4.18. The van der Waals surface area contributed by atoms with E-state index in [1.807, 2.05) is 0 Å². The first-order valence-electron chi connectivity index (χ1n) is 4.92. The van der Waals surface area contributed by atoms with Gasteiger partial charge in [0.25, 0.3) is 0 Å². The Bertz CT molecular complexity index is 166. The summed E-state index contributed by atoms with van der Waals surface area (Å²) in [5, 5.41) is 2.63. The molecule has 4 nitrogen and oxygen atoms in total. The molecule has 1 aliphatic heterocycles. The number of likely N-dealkylation sites (tertiary alicyclic amines) is 1. The van der Waals surface area contributed by atoms with Gasteiger partial charge in [0.2, 0.25) is 5.91 Å². The van der Waals surface area contributed by atoms with Crippen molar-refractivity contribution >= 4 is 5.91 Å². The van der Waals surface area contributed by atoms with Crippen LogP contribution in [0.1, 0.15) is 19.3 Å². The van der Waals surface area contributed by atoms with Gasteiger partial charge < -0.3 is 11.1 Å². The van der Waals surface area contributed by atoms with E-state index < -0.39 is 0 Å². The van der Waals surface area contributed by atoms with E-state index in [9.17, 15) is 4.79 Å². The van der Waals surface area contributed by atoms with Gasteiger partial charge in [0.1, 0.15) is 0 Å². The number of nitrogens with one attached hydrogen (secondary N) is 1. The van der Waals surface area contributed by atoms with Crippen molar-refractivity contribution in [1.29, 1.82) is 0 Å². The number of amides is 1. The van der Waals surface area contributed by atoms with Crippen molar-refractivity contribution in [3.05, 3.63) is 0 Å². The van der Waals surface area contributed by atoms with Gasteiger partial charge in [-0.25, -0.2) is 0 Å². The van der Waals surface area contributed by atoms with Gasteiger partial charge in [-0.05, 0) is 25.9 Å². The molecule has 0 radical (unpaired) electrons. The lowest BCUT2D eigenvalue weighted by Crippen LogP contribution is -2.41. The molecule has 1 aliphatic rings. The molecule has 0 saturated carbocycles. The number of carbonyl (C=O) groups excluding carboxylic acids is 1. The topological polar surface area (TPSA) is 58.4 Å². The van der Waals surface area contributed by atoms with Crippen molar-refractivity contribution in [2.45, 2.75) is 25.3 Å². The van der Waals surface area contributed by atoms with Gasteiger partial charge in [-0.3, -0.25) is 9.69 Å². The van der Waals surface area contributed by atoms with Crippen LogP contribution in [0.25, 0.3) is 0 Å². The molecular weight excluding hydrogens is 166 g/mol. The lowest BCUT2D eigenvalue weighted by Gasteiger charge is -2.25. The van der Waals surface area contributed by atoms with Crippen LogP contribution in [0.4, 0.5) is 0 Å². The largest absolute Gasteiger partial charge is 0.359 e. The van der Waals surface area contributed by atoms with Crippen LogP contribution in [-0.2, 0) is 4.79 Å². The van der Waals surface area contributed by atoms with Gasteiger partial charge in [-0.2, -0.15) is 0 Å². The summed E-state index contributed by atoms with van der Waals surface area (Å²) >= 11 is 0. The molecule has 1 fully saturated rings. The maximum Gasteiger partial charge on any atom is 0.221 e. The zero-order valence-electron chi connectivity index (χ0n) is 8.25. The highest BCUT2D eigenvalue weighted by molar-refractivity contribution is 5.76. The molecule has 76 valence electrons. The Morgan fingerprint density at radius 3 is 2.62 bits per heavy atom. The molecule has 1 rings (SSSR count). The lowest BCUT2D eigenvalue weighted by molar-refractivity contribution is -0.121. The van der Waals surface area contributed by atoms with Crippen molar-refractivity contribution in [1.82, 2.24) is 10.2 Å². The summed E-state index contributed by atoms with van der Waals surface area (Å²) < 4.78 is 0. The fraction of sp³-hybridized carbons (Fsp3) is 0.889. The highest BCUT2D eigenvalue weighted by Gasteiger charge is 2.22. The van der Waals surface area contributed by atoms with E-state index in [2.05, 4.69) is 10.2 Å². The highest BCUT2D eigenvalue weighted by Crippen LogP contribution is 2.13. The molecule has 0 aromatic heterocycles. The molecule has 0 aliphatic carbocycles. The maximum absolute atomic E-state index is 11.1. The van der Waals surface area contributed by atoms with Gasteiger partial charge in [-0.15, -0.1) is 0 Å². The SMILES string of the molecule is CNC(=O)CC(CN)N1CCCC1. The second-order valence-electron chi connectivity index (χ2n) is 3.51. The van der Waals surface area contributed by atoms with Crippen LogP contribution in [0.15, 0.2) is 0 Å². The third kappa shape index (κ3) is 2.97. The zero-order valence-corrected chi connectivity index (χ0v) is 8.25. The minimum Gasteiger partial charge on any atom is -0.359 e. The first-order chi connectivity index (χ1) is 6.27. The molecule has 0 bridgehead atoms. The van der Waals surface area contributed by atoms with Crippen LogP contribution in [-0.4, -0.2) is 43.5 Å². The first-order valence-corrected chi connectivity index (χ1v) is 4.92. The monoisotopic (exact) mass is 185 g/mol. The van der Waals surface area contributed by atoms with E-state index in [1.54, 1.807) is 7.05 Å². The van der Waals surface area contributed by atoms with Crippen LogP contribution >= 0.6 is 0 Å². The highest BCUT2D eigenvalue weighted by atomic mass is 16.1. The van der Waals surface area contributed by atoms with E-state index in [1.165, 1.54) is 12.8 Å². The summed E-state index contributed by atoms with van der Waals surface area (Å²) in [6.45, 7) is 2.77. The number of nitrogens with zero attached hydrogens (tertiary/aromatic N) is 1.